The van der Waals surface area contributed by atoms with Gasteiger partial charge in [0.05, 0.1) is 0 Å². The molecule has 2 N–H and O–H groups in total. The molecular formula is C5H9AlN2. The maximum Gasteiger partial charge on any atom is 0.167 e. The van der Waals surface area contributed by atoms with E-state index in [2.05, 4.69) is 22.4 Å². The van der Waals surface area contributed by atoms with Crippen LogP contribution in [0.5, 0.6) is 0 Å². The van der Waals surface area contributed by atoms with Gasteiger partial charge in [-0.2, -0.15) is 4.44 Å². The molecule has 1 rings (SSSR count). The molecule has 0 saturated heterocycles. The summed E-state index contributed by atoms with van der Waals surface area (Å²) in [4.78, 5) is 0. The summed E-state index contributed by atoms with van der Waals surface area (Å²) in [6.45, 7) is 1.90. The van der Waals surface area contributed by atoms with Crippen LogP contribution >= 0.6 is 0 Å². The van der Waals surface area contributed by atoms with Crippen molar-refractivity contribution < 1.29 is 0 Å². The Kier molecular flexibility index (Phi) is 2.10. The van der Waals surface area contributed by atoms with Crippen LogP contribution in [0.1, 0.15) is 6.42 Å². The molecule has 1 aliphatic heterocycles. The minimum Gasteiger partial charge on any atom is -0.268 e. The predicted molar refractivity (Wildman–Crippen MR) is 34.2 cm³/mol. The summed E-state index contributed by atoms with van der Waals surface area (Å²) in [5, 5.41) is 1.81. The van der Waals surface area contributed by atoms with E-state index >= 15 is 0 Å². The zero-order valence-electron chi connectivity index (χ0n) is 4.80. The molecule has 0 saturated carbocycles. The van der Waals surface area contributed by atoms with Crippen molar-refractivity contribution in [3.05, 3.63) is 10.5 Å². The molecule has 2 nitrogen and oxygen atoms in total. The smallest absolute Gasteiger partial charge is 0.167 e. The van der Waals surface area contributed by atoms with Crippen LogP contribution in [-0.2, 0) is 0 Å². The first-order valence-corrected chi connectivity index (χ1v) is 3.31. The third-order valence-electron chi connectivity index (χ3n) is 1.28. The number of hydrogen-bond acceptors (Lipinski definition) is 2. The molecule has 0 spiro atoms. The highest BCUT2D eigenvalue weighted by Gasteiger charge is 2.01. The van der Waals surface area contributed by atoms with Crippen LogP contribution in [0.3, 0.4) is 0 Å². The van der Waals surface area contributed by atoms with Crippen LogP contribution in [-0.4, -0.2) is 34.4 Å². The highest BCUT2D eigenvalue weighted by Crippen LogP contribution is 2.01. The van der Waals surface area contributed by atoms with Gasteiger partial charge in [-0.1, -0.05) is 6.08 Å². The van der Waals surface area contributed by atoms with Crippen LogP contribution in [0.2, 0.25) is 0 Å². The predicted octanol–water partition coefficient (Wildman–Crippen LogP) is -0.382. The standard InChI is InChI=1S/C5H9N2.Al/c6-7-4-2-1-3-5-7;/h2H,3-6H2;. The number of hydrazine groups is 1. The zero-order valence-corrected chi connectivity index (χ0v) is 5.96. The highest BCUT2D eigenvalue weighted by molar-refractivity contribution is 6.21. The molecule has 3 heteroatoms. The van der Waals surface area contributed by atoms with Crippen molar-refractivity contribution in [2.24, 2.45) is 5.84 Å². The lowest BCUT2D eigenvalue weighted by Crippen LogP contribution is -2.34. The van der Waals surface area contributed by atoms with E-state index in [1.54, 1.807) is 0 Å². The molecule has 0 bridgehead atoms. The van der Waals surface area contributed by atoms with E-state index in [1.807, 2.05) is 5.01 Å². The van der Waals surface area contributed by atoms with Gasteiger partial charge in [0.25, 0.3) is 0 Å². The van der Waals surface area contributed by atoms with Gasteiger partial charge in [0.15, 0.2) is 16.3 Å². The molecule has 0 aliphatic carbocycles. The van der Waals surface area contributed by atoms with Crippen LogP contribution < -0.4 is 5.84 Å². The molecule has 0 unspecified atom stereocenters. The Balaban J connectivity index is 2.42. The quantitative estimate of drug-likeness (QED) is 0.352. The number of hydrogen-bond donors (Lipinski definition) is 1. The molecule has 0 aromatic heterocycles. The number of nitrogens with two attached hydrogens (primary N) is 1. The highest BCUT2D eigenvalue weighted by atomic mass is 27.0. The second-order valence-electron chi connectivity index (χ2n) is 2.02. The first-order chi connectivity index (χ1) is 3.79. The summed E-state index contributed by atoms with van der Waals surface area (Å²) in [6, 6.07) is 0. The van der Waals surface area contributed by atoms with Gasteiger partial charge < -0.3 is 0 Å². The van der Waals surface area contributed by atoms with Gasteiger partial charge in [0.1, 0.15) is 0 Å². The molecule has 0 fully saturated rings. The summed E-state index contributed by atoms with van der Waals surface area (Å²) < 4.78 is 1.38. The first-order valence-electron chi connectivity index (χ1n) is 2.73. The van der Waals surface area contributed by atoms with Gasteiger partial charge in [-0.15, -0.1) is 0 Å². The van der Waals surface area contributed by atoms with Crippen LogP contribution in [0, 0.1) is 0 Å². The van der Waals surface area contributed by atoms with E-state index in [4.69, 9.17) is 5.84 Å². The van der Waals surface area contributed by atoms with Crippen molar-refractivity contribution in [3.8, 4) is 0 Å². The van der Waals surface area contributed by atoms with E-state index in [-0.39, 0.29) is 0 Å². The molecule has 0 aromatic carbocycles. The second kappa shape index (κ2) is 2.65. The first kappa shape index (κ1) is 6.31. The Morgan fingerprint density at radius 2 is 2.50 bits per heavy atom. The molecular weight excluding hydrogens is 115 g/mol. The Hall–Kier alpha value is 0.192. The fourth-order valence-electron chi connectivity index (χ4n) is 0.701. The lowest BCUT2D eigenvalue weighted by atomic mass is 10.3. The van der Waals surface area contributed by atoms with E-state index in [9.17, 15) is 0 Å². The molecule has 1 aliphatic rings. The van der Waals surface area contributed by atoms with Crippen molar-refractivity contribution in [2.75, 3.05) is 13.1 Å². The maximum absolute atomic E-state index is 5.48. The molecule has 42 valence electrons. The van der Waals surface area contributed by atoms with E-state index < -0.39 is 0 Å². The van der Waals surface area contributed by atoms with Crippen molar-refractivity contribution in [1.29, 1.82) is 0 Å². The third-order valence-corrected chi connectivity index (χ3v) is 1.80. The van der Waals surface area contributed by atoms with Crippen molar-refractivity contribution in [3.63, 3.8) is 0 Å². The maximum atomic E-state index is 5.48. The Morgan fingerprint density at radius 1 is 1.75 bits per heavy atom. The number of rotatable bonds is 0. The minimum atomic E-state index is 0.902. The summed E-state index contributed by atoms with van der Waals surface area (Å²) >= 11 is 2.70. The second-order valence-corrected chi connectivity index (χ2v) is 2.77. The van der Waals surface area contributed by atoms with E-state index in [0.29, 0.717) is 0 Å². The largest absolute Gasteiger partial charge is 0.268 e. The molecule has 0 aromatic rings. The van der Waals surface area contributed by atoms with Gasteiger partial charge in [0, 0.05) is 13.1 Å². The van der Waals surface area contributed by atoms with E-state index in [0.717, 1.165) is 19.5 Å². The normalized spacial score (nSPS) is 22.9. The van der Waals surface area contributed by atoms with Crippen molar-refractivity contribution in [2.45, 2.75) is 6.42 Å². The van der Waals surface area contributed by atoms with Crippen LogP contribution in [0.25, 0.3) is 0 Å². The molecule has 2 radical (unpaired) electrons. The summed E-state index contributed by atoms with van der Waals surface area (Å²) in [6.07, 6.45) is 3.23. The van der Waals surface area contributed by atoms with E-state index in [1.165, 1.54) is 4.44 Å². The van der Waals surface area contributed by atoms with Gasteiger partial charge in [-0.05, 0) is 6.42 Å². The average Bonchev–Trinajstić information content (AvgIpc) is 1.77. The molecule has 0 atom stereocenters. The lowest BCUT2D eigenvalue weighted by Gasteiger charge is -2.19. The minimum absolute atomic E-state index is 0.902. The van der Waals surface area contributed by atoms with Gasteiger partial charge in [-0.25, -0.2) is 5.01 Å². The fraction of sp³-hybridized carbons (Fsp3) is 0.600. The molecule has 1 heterocycles. The Bertz CT molecular complexity index is 111. The Morgan fingerprint density at radius 3 is 2.88 bits per heavy atom. The van der Waals surface area contributed by atoms with Crippen LogP contribution in [0.4, 0.5) is 0 Å². The van der Waals surface area contributed by atoms with Gasteiger partial charge in [-0.3, -0.25) is 5.84 Å². The van der Waals surface area contributed by atoms with Crippen molar-refractivity contribution >= 4 is 16.3 Å². The summed E-state index contributed by atoms with van der Waals surface area (Å²) in [5.74, 6) is 5.48. The third kappa shape index (κ3) is 1.61. The zero-order chi connectivity index (χ0) is 5.98. The summed E-state index contributed by atoms with van der Waals surface area (Å²) in [5.41, 5.74) is 0. The molecule has 0 amide bonds. The Labute approximate surface area is 57.7 Å². The number of nitrogens with zero attached hydrogens (tertiary/aromatic N) is 1. The average molecular weight is 124 g/mol. The SMILES string of the molecule is NN1CC=[C]([Al])CC1. The fourth-order valence-corrected chi connectivity index (χ4v) is 0.935. The van der Waals surface area contributed by atoms with Crippen LogP contribution in [0.15, 0.2) is 10.5 Å². The summed E-state index contributed by atoms with van der Waals surface area (Å²) in [7, 11) is 0. The topological polar surface area (TPSA) is 29.3 Å². The van der Waals surface area contributed by atoms with Crippen molar-refractivity contribution in [1.82, 2.24) is 5.01 Å². The van der Waals surface area contributed by atoms with Gasteiger partial charge >= 0.3 is 0 Å². The van der Waals surface area contributed by atoms with Gasteiger partial charge in [0.2, 0.25) is 0 Å². The molecule has 8 heavy (non-hydrogen) atoms. The monoisotopic (exact) mass is 124 g/mol. The lowest BCUT2D eigenvalue weighted by molar-refractivity contribution is 0.309.